The maximum Gasteiger partial charge on any atom is 0.266 e. The number of hydrogen-bond donors (Lipinski definition) is 1. The number of nitrogens with zero attached hydrogens (tertiary/aromatic N) is 2. The van der Waals surface area contributed by atoms with E-state index >= 15 is 0 Å². The van der Waals surface area contributed by atoms with Crippen molar-refractivity contribution in [2.45, 2.75) is 26.5 Å². The Bertz CT molecular complexity index is 843. The first-order valence-electron chi connectivity index (χ1n) is 8.22. The van der Waals surface area contributed by atoms with Crippen molar-refractivity contribution in [2.24, 2.45) is 0 Å². The fourth-order valence-electron chi connectivity index (χ4n) is 2.50. The quantitative estimate of drug-likeness (QED) is 0.748. The molecule has 0 aliphatic rings. The lowest BCUT2D eigenvalue weighted by molar-refractivity contribution is -0.122. The molecule has 1 heterocycles. The van der Waals surface area contributed by atoms with Gasteiger partial charge in [-0.1, -0.05) is 42.5 Å². The van der Waals surface area contributed by atoms with Crippen molar-refractivity contribution in [3.63, 3.8) is 0 Å². The molecule has 0 saturated carbocycles. The highest BCUT2D eigenvalue weighted by Gasteiger charge is 2.17. The maximum atomic E-state index is 12.4. The van der Waals surface area contributed by atoms with E-state index in [0.717, 1.165) is 11.1 Å². The number of rotatable bonds is 6. The van der Waals surface area contributed by atoms with E-state index in [9.17, 15) is 4.79 Å². The first kappa shape index (κ1) is 16.8. The molecule has 5 heteroatoms. The van der Waals surface area contributed by atoms with Gasteiger partial charge in [0, 0.05) is 6.07 Å². The SMILES string of the molecule is Cc1cccc(O[C@H](C)C(=O)Nc2ccnn2Cc2ccccc2)c1. The Balaban J connectivity index is 1.64. The van der Waals surface area contributed by atoms with Gasteiger partial charge in [0.25, 0.3) is 5.91 Å². The number of aryl methyl sites for hydroxylation is 1. The predicted molar refractivity (Wildman–Crippen MR) is 97.7 cm³/mol. The summed E-state index contributed by atoms with van der Waals surface area (Å²) in [5.74, 6) is 1.12. The minimum atomic E-state index is -0.609. The summed E-state index contributed by atoms with van der Waals surface area (Å²) < 4.78 is 7.48. The second-order valence-corrected chi connectivity index (χ2v) is 5.93. The van der Waals surface area contributed by atoms with Gasteiger partial charge < -0.3 is 10.1 Å². The van der Waals surface area contributed by atoms with Crippen LogP contribution in [-0.2, 0) is 11.3 Å². The molecule has 5 nitrogen and oxygen atoms in total. The molecular formula is C20H21N3O2. The lowest BCUT2D eigenvalue weighted by atomic mass is 10.2. The van der Waals surface area contributed by atoms with Crippen LogP contribution in [0.3, 0.4) is 0 Å². The zero-order valence-electron chi connectivity index (χ0n) is 14.3. The van der Waals surface area contributed by atoms with E-state index in [4.69, 9.17) is 4.74 Å². The molecule has 128 valence electrons. The van der Waals surface area contributed by atoms with Crippen molar-refractivity contribution in [1.82, 2.24) is 9.78 Å². The molecule has 3 aromatic rings. The zero-order valence-corrected chi connectivity index (χ0v) is 14.3. The van der Waals surface area contributed by atoms with Crippen LogP contribution in [0, 0.1) is 6.92 Å². The van der Waals surface area contributed by atoms with Crippen LogP contribution < -0.4 is 10.1 Å². The van der Waals surface area contributed by atoms with Gasteiger partial charge in [0.05, 0.1) is 12.7 Å². The van der Waals surface area contributed by atoms with Crippen molar-refractivity contribution in [1.29, 1.82) is 0 Å². The number of amides is 1. The predicted octanol–water partition coefficient (Wildman–Crippen LogP) is 3.65. The highest BCUT2D eigenvalue weighted by molar-refractivity contribution is 5.93. The van der Waals surface area contributed by atoms with Gasteiger partial charge in [-0.25, -0.2) is 4.68 Å². The second-order valence-electron chi connectivity index (χ2n) is 5.93. The van der Waals surface area contributed by atoms with Gasteiger partial charge in [-0.3, -0.25) is 4.79 Å². The van der Waals surface area contributed by atoms with Gasteiger partial charge in [0.15, 0.2) is 6.10 Å². The first-order chi connectivity index (χ1) is 12.1. The van der Waals surface area contributed by atoms with E-state index in [1.165, 1.54) is 0 Å². The average Bonchev–Trinajstić information content (AvgIpc) is 3.02. The lowest BCUT2D eigenvalue weighted by Crippen LogP contribution is -2.31. The lowest BCUT2D eigenvalue weighted by Gasteiger charge is -2.15. The minimum Gasteiger partial charge on any atom is -0.481 e. The largest absolute Gasteiger partial charge is 0.481 e. The molecule has 1 amide bonds. The van der Waals surface area contributed by atoms with Crippen LogP contribution in [0.2, 0.25) is 0 Å². The molecule has 1 N–H and O–H groups in total. The first-order valence-corrected chi connectivity index (χ1v) is 8.22. The number of benzene rings is 2. The number of nitrogens with one attached hydrogen (secondary N) is 1. The molecule has 0 saturated heterocycles. The summed E-state index contributed by atoms with van der Waals surface area (Å²) in [6.07, 6.45) is 1.06. The minimum absolute atomic E-state index is 0.212. The molecule has 1 aromatic heterocycles. The molecule has 0 spiro atoms. The van der Waals surface area contributed by atoms with Gasteiger partial charge in [-0.15, -0.1) is 0 Å². The van der Waals surface area contributed by atoms with Gasteiger partial charge in [0.1, 0.15) is 11.6 Å². The molecule has 2 aromatic carbocycles. The van der Waals surface area contributed by atoms with Crippen molar-refractivity contribution < 1.29 is 9.53 Å². The second kappa shape index (κ2) is 7.66. The number of carbonyl (C=O) groups excluding carboxylic acids is 1. The third-order valence-electron chi connectivity index (χ3n) is 3.81. The average molecular weight is 335 g/mol. The maximum absolute atomic E-state index is 12.4. The monoisotopic (exact) mass is 335 g/mol. The summed E-state index contributed by atoms with van der Waals surface area (Å²) in [6.45, 7) is 4.31. The smallest absolute Gasteiger partial charge is 0.266 e. The topological polar surface area (TPSA) is 56.1 Å². The van der Waals surface area contributed by atoms with Gasteiger partial charge in [0.2, 0.25) is 0 Å². The number of anilines is 1. The van der Waals surface area contributed by atoms with E-state index in [0.29, 0.717) is 18.1 Å². The molecule has 3 rings (SSSR count). The van der Waals surface area contributed by atoms with Gasteiger partial charge in [-0.05, 0) is 37.1 Å². The van der Waals surface area contributed by atoms with Crippen LogP contribution in [0.4, 0.5) is 5.82 Å². The molecule has 0 aliphatic heterocycles. The number of aromatic nitrogens is 2. The Morgan fingerprint density at radius 3 is 2.72 bits per heavy atom. The van der Waals surface area contributed by atoms with Crippen molar-refractivity contribution in [2.75, 3.05) is 5.32 Å². The Labute approximate surface area is 147 Å². The molecule has 25 heavy (non-hydrogen) atoms. The number of ether oxygens (including phenoxy) is 1. The summed E-state index contributed by atoms with van der Waals surface area (Å²) in [4.78, 5) is 12.4. The summed E-state index contributed by atoms with van der Waals surface area (Å²) in [5.41, 5.74) is 2.21. The molecule has 0 aliphatic carbocycles. The Morgan fingerprint density at radius 1 is 1.16 bits per heavy atom. The molecule has 0 fully saturated rings. The summed E-state index contributed by atoms with van der Waals surface area (Å²) in [5, 5.41) is 7.16. The normalized spacial score (nSPS) is 11.8. The van der Waals surface area contributed by atoms with Gasteiger partial charge >= 0.3 is 0 Å². The third-order valence-corrected chi connectivity index (χ3v) is 3.81. The van der Waals surface area contributed by atoms with E-state index in [1.807, 2.05) is 61.5 Å². The highest BCUT2D eigenvalue weighted by Crippen LogP contribution is 2.16. The van der Waals surface area contributed by atoms with Crippen molar-refractivity contribution in [3.8, 4) is 5.75 Å². The standard InChI is InChI=1S/C20H21N3O2/c1-15-7-6-10-18(13-15)25-16(2)20(24)22-19-11-12-21-23(19)14-17-8-4-3-5-9-17/h3-13,16H,14H2,1-2H3,(H,22,24)/t16-/m1/s1. The summed E-state index contributed by atoms with van der Waals surface area (Å²) in [6, 6.07) is 19.4. The van der Waals surface area contributed by atoms with Crippen LogP contribution in [0.15, 0.2) is 66.9 Å². The Kier molecular flexibility index (Phi) is 5.14. The van der Waals surface area contributed by atoms with Crippen LogP contribution >= 0.6 is 0 Å². The van der Waals surface area contributed by atoms with E-state index in [-0.39, 0.29) is 5.91 Å². The Morgan fingerprint density at radius 2 is 1.96 bits per heavy atom. The van der Waals surface area contributed by atoms with Crippen LogP contribution in [0.25, 0.3) is 0 Å². The summed E-state index contributed by atoms with van der Waals surface area (Å²) >= 11 is 0. The Hall–Kier alpha value is -3.08. The van der Waals surface area contributed by atoms with Gasteiger partial charge in [-0.2, -0.15) is 5.10 Å². The van der Waals surface area contributed by atoms with E-state index in [1.54, 1.807) is 23.9 Å². The third kappa shape index (κ3) is 4.47. The molecule has 0 bridgehead atoms. The molecule has 0 unspecified atom stereocenters. The number of carbonyl (C=O) groups is 1. The van der Waals surface area contributed by atoms with E-state index in [2.05, 4.69) is 10.4 Å². The fourth-order valence-corrected chi connectivity index (χ4v) is 2.50. The van der Waals surface area contributed by atoms with Crippen LogP contribution in [0.5, 0.6) is 5.75 Å². The van der Waals surface area contributed by atoms with Crippen LogP contribution in [0.1, 0.15) is 18.1 Å². The fraction of sp³-hybridized carbons (Fsp3) is 0.200. The zero-order chi connectivity index (χ0) is 17.6. The molecular weight excluding hydrogens is 314 g/mol. The van der Waals surface area contributed by atoms with Crippen molar-refractivity contribution >= 4 is 11.7 Å². The summed E-state index contributed by atoms with van der Waals surface area (Å²) in [7, 11) is 0. The van der Waals surface area contributed by atoms with E-state index < -0.39 is 6.10 Å². The number of hydrogen-bond acceptors (Lipinski definition) is 3. The van der Waals surface area contributed by atoms with Crippen molar-refractivity contribution in [3.05, 3.63) is 78.0 Å². The van der Waals surface area contributed by atoms with Crippen LogP contribution in [-0.4, -0.2) is 21.8 Å². The highest BCUT2D eigenvalue weighted by atomic mass is 16.5. The molecule has 1 atom stereocenters. The molecule has 0 radical (unpaired) electrons.